The second-order valence-electron chi connectivity index (χ2n) is 13.6. The van der Waals surface area contributed by atoms with Gasteiger partial charge in [-0.3, -0.25) is 4.98 Å². The van der Waals surface area contributed by atoms with E-state index >= 15 is 0 Å². The van der Waals surface area contributed by atoms with E-state index in [0.29, 0.717) is 0 Å². The third-order valence-corrected chi connectivity index (χ3v) is 9.80. The van der Waals surface area contributed by atoms with Gasteiger partial charge < -0.3 is 14.0 Å². The van der Waals surface area contributed by atoms with Crippen LogP contribution in [0.15, 0.2) is 193 Å². The van der Waals surface area contributed by atoms with E-state index < -0.39 is 6.85 Å². The largest absolute Gasteiger partial charge is 0.557 e. The van der Waals surface area contributed by atoms with Gasteiger partial charge in [0, 0.05) is 53.4 Å². The molecule has 10 rings (SSSR count). The zero-order valence-corrected chi connectivity index (χ0v) is 33.4. The number of pyridine rings is 1. The number of furan rings is 1. The van der Waals surface area contributed by atoms with Crippen LogP contribution in [0.1, 0.15) is 15.2 Å². The van der Waals surface area contributed by atoms with Crippen molar-refractivity contribution in [3.63, 3.8) is 0 Å². The second kappa shape index (κ2) is 16.6. The van der Waals surface area contributed by atoms with Crippen molar-refractivity contribution in [3.8, 4) is 61.7 Å². The SMILES string of the molecule is Cc1cc(-c2ccccc2)c(-n2c(-c3[c-]oc4cc(-c5ccccc5)ccc34)nc3ccccc32)c(-c2ccccc2)c1.[2H]C([2H])([2H])c1ccc(-c2[c-]cccc2)nc1.[Ir]. The van der Waals surface area contributed by atoms with Gasteiger partial charge in [-0.25, -0.2) is 0 Å². The third kappa shape index (κ3) is 7.64. The van der Waals surface area contributed by atoms with Gasteiger partial charge in [0.1, 0.15) is 0 Å². The number of nitrogens with zero attached hydrogens (tertiary/aromatic N) is 3. The molecular formula is C52H37IrN3O-2. The summed E-state index contributed by atoms with van der Waals surface area (Å²) in [6.07, 6.45) is 4.64. The number of imidazole rings is 1. The number of aryl methyl sites for hydroxylation is 2. The van der Waals surface area contributed by atoms with Gasteiger partial charge in [-0.2, -0.15) is 0 Å². The summed E-state index contributed by atoms with van der Waals surface area (Å²) in [4.78, 5) is 9.35. The van der Waals surface area contributed by atoms with Gasteiger partial charge in [0.05, 0.1) is 22.5 Å². The van der Waals surface area contributed by atoms with Crippen molar-refractivity contribution in [1.82, 2.24) is 14.5 Å². The topological polar surface area (TPSA) is 43.9 Å². The van der Waals surface area contributed by atoms with Crippen molar-refractivity contribution in [2.24, 2.45) is 0 Å². The van der Waals surface area contributed by atoms with E-state index in [1.807, 2.05) is 30.3 Å². The minimum Gasteiger partial charge on any atom is -0.557 e. The van der Waals surface area contributed by atoms with Crippen molar-refractivity contribution >= 4 is 22.0 Å². The minimum absolute atomic E-state index is 0. The molecule has 0 unspecified atom stereocenters. The molecule has 0 N–H and O–H groups in total. The van der Waals surface area contributed by atoms with Gasteiger partial charge in [-0.1, -0.05) is 138 Å². The second-order valence-corrected chi connectivity index (χ2v) is 13.6. The molecule has 3 heterocycles. The normalized spacial score (nSPS) is 11.8. The molecule has 1 radical (unpaired) electrons. The number of para-hydroxylation sites is 2. The Morgan fingerprint density at radius 3 is 1.89 bits per heavy atom. The van der Waals surface area contributed by atoms with Crippen molar-refractivity contribution in [3.05, 3.63) is 212 Å². The zero-order valence-electron chi connectivity index (χ0n) is 34.0. The van der Waals surface area contributed by atoms with Crippen LogP contribution in [0.25, 0.3) is 83.7 Å². The fourth-order valence-corrected chi connectivity index (χ4v) is 7.17. The summed E-state index contributed by atoms with van der Waals surface area (Å²) >= 11 is 0. The van der Waals surface area contributed by atoms with Crippen LogP contribution < -0.4 is 0 Å². The number of fused-ring (bicyclic) bond motifs is 2. The van der Waals surface area contributed by atoms with E-state index in [-0.39, 0.29) is 25.7 Å². The number of rotatable bonds is 6. The van der Waals surface area contributed by atoms with Crippen molar-refractivity contribution < 1.29 is 28.6 Å². The molecule has 4 nitrogen and oxygen atoms in total. The summed E-state index contributed by atoms with van der Waals surface area (Å²) in [5.74, 6) is 0.797. The Morgan fingerprint density at radius 1 is 0.614 bits per heavy atom. The van der Waals surface area contributed by atoms with Gasteiger partial charge in [0.2, 0.25) is 0 Å². The standard InChI is InChI=1S/C40H27N2O.C12H10N.Ir/c1-27-23-33(29-15-7-3-8-16-29)39(34(24-27)30-17-9-4-10-18-30)42-37-20-12-11-19-36(37)41-40(42)35-26-43-38-25-31(21-22-32(35)38)28-13-5-2-6-14-28;1-10-7-8-12(13-9-10)11-5-3-2-4-6-11;/h2-25H,1H3;2-5,7-9H,1H3;/q2*-1;/i;1D3;. The number of hydrogen-bond donors (Lipinski definition) is 0. The van der Waals surface area contributed by atoms with Crippen molar-refractivity contribution in [2.45, 2.75) is 13.8 Å². The molecule has 5 heteroatoms. The first kappa shape index (κ1) is 33.7. The van der Waals surface area contributed by atoms with Gasteiger partial charge in [0.15, 0.2) is 0 Å². The molecule has 0 bridgehead atoms. The van der Waals surface area contributed by atoms with Crippen molar-refractivity contribution in [2.75, 3.05) is 0 Å². The van der Waals surface area contributed by atoms with Crippen molar-refractivity contribution in [1.29, 1.82) is 0 Å². The molecule has 0 amide bonds. The number of aromatic nitrogens is 3. The summed E-state index contributed by atoms with van der Waals surface area (Å²) in [6.45, 7) is 0.0726. The molecule has 0 saturated heterocycles. The number of benzene rings is 7. The molecule has 0 spiro atoms. The van der Waals surface area contributed by atoms with Crippen LogP contribution in [-0.4, -0.2) is 14.5 Å². The van der Waals surface area contributed by atoms with Gasteiger partial charge in [0.25, 0.3) is 0 Å². The Bertz CT molecular complexity index is 2960. The smallest absolute Gasteiger partial charge is 0.0774 e. The Kier molecular flexibility index (Phi) is 9.81. The van der Waals surface area contributed by atoms with Gasteiger partial charge in [-0.15, -0.1) is 42.0 Å². The molecule has 0 atom stereocenters. The Morgan fingerprint density at radius 2 is 1.26 bits per heavy atom. The molecule has 0 fully saturated rings. The summed E-state index contributed by atoms with van der Waals surface area (Å²) in [7, 11) is 0. The summed E-state index contributed by atoms with van der Waals surface area (Å²) < 4.78 is 30.1. The maximum absolute atomic E-state index is 7.23. The minimum atomic E-state index is -2.09. The maximum atomic E-state index is 7.23. The van der Waals surface area contributed by atoms with Gasteiger partial charge in [-0.05, 0) is 77.1 Å². The predicted molar refractivity (Wildman–Crippen MR) is 229 cm³/mol. The molecule has 0 saturated carbocycles. The first-order valence-corrected chi connectivity index (χ1v) is 18.5. The first-order chi connectivity index (χ1) is 28.8. The van der Waals surface area contributed by atoms with E-state index in [9.17, 15) is 0 Å². The fourth-order valence-electron chi connectivity index (χ4n) is 7.17. The van der Waals surface area contributed by atoms with Gasteiger partial charge >= 0.3 is 0 Å². The molecule has 0 aliphatic rings. The summed E-state index contributed by atoms with van der Waals surface area (Å²) in [5.41, 5.74) is 14.5. The van der Waals surface area contributed by atoms with Crippen LogP contribution in [0.4, 0.5) is 0 Å². The van der Waals surface area contributed by atoms with Crippen LogP contribution in [-0.2, 0) is 20.1 Å². The third-order valence-electron chi connectivity index (χ3n) is 9.80. The maximum Gasteiger partial charge on any atom is 0.0774 e. The molecule has 57 heavy (non-hydrogen) atoms. The quantitative estimate of drug-likeness (QED) is 0.156. The monoisotopic (exact) mass is 915 g/mol. The van der Waals surface area contributed by atoms with E-state index in [1.54, 1.807) is 18.2 Å². The predicted octanol–water partition coefficient (Wildman–Crippen LogP) is 13.4. The van der Waals surface area contributed by atoms with E-state index in [0.717, 1.165) is 83.7 Å². The van der Waals surface area contributed by atoms with Crippen LogP contribution in [0, 0.1) is 26.1 Å². The first-order valence-electron chi connectivity index (χ1n) is 20.0. The average Bonchev–Trinajstić information content (AvgIpc) is 3.88. The van der Waals surface area contributed by atoms with E-state index in [4.69, 9.17) is 13.5 Å². The summed E-state index contributed by atoms with van der Waals surface area (Å²) in [5, 5.41) is 0.978. The molecule has 3 aromatic heterocycles. The van der Waals surface area contributed by atoms with Crippen LogP contribution in [0.5, 0.6) is 0 Å². The molecule has 7 aromatic carbocycles. The van der Waals surface area contributed by atoms with Crippen LogP contribution in [0.2, 0.25) is 0 Å². The molecule has 0 aliphatic heterocycles. The Labute approximate surface area is 350 Å². The summed E-state index contributed by atoms with van der Waals surface area (Å²) in [6, 6.07) is 64.6. The molecular weight excluding hydrogens is 875 g/mol. The van der Waals surface area contributed by atoms with E-state index in [1.165, 1.54) is 11.8 Å². The molecule has 0 aliphatic carbocycles. The molecule has 277 valence electrons. The number of hydrogen-bond acceptors (Lipinski definition) is 3. The average molecular weight is 915 g/mol. The van der Waals surface area contributed by atoms with E-state index in [2.05, 4.69) is 162 Å². The Balaban J connectivity index is 0.000000248. The fraction of sp³-hybridized carbons (Fsp3) is 0.0385. The van der Waals surface area contributed by atoms with Crippen LogP contribution >= 0.6 is 0 Å². The zero-order chi connectivity index (χ0) is 40.3. The van der Waals surface area contributed by atoms with Crippen LogP contribution in [0.3, 0.4) is 0 Å². The Hall–Kier alpha value is -6.65. The molecule has 10 aromatic rings.